The SMILES string of the molecule is CCOC(=O)CCNc1cccc(OCC)c1[N+](=O)[O-]. The van der Waals surface area contributed by atoms with Crippen LogP contribution in [0.3, 0.4) is 0 Å². The summed E-state index contributed by atoms with van der Waals surface area (Å²) in [7, 11) is 0. The molecular formula is C13H18N2O5. The Morgan fingerprint density at radius 2 is 2.10 bits per heavy atom. The molecule has 0 saturated heterocycles. The van der Waals surface area contributed by atoms with Crippen molar-refractivity contribution in [2.45, 2.75) is 20.3 Å². The van der Waals surface area contributed by atoms with Crippen LogP contribution in [0.2, 0.25) is 0 Å². The van der Waals surface area contributed by atoms with Crippen molar-refractivity contribution in [3.05, 3.63) is 28.3 Å². The highest BCUT2D eigenvalue weighted by atomic mass is 16.6. The lowest BCUT2D eigenvalue weighted by Gasteiger charge is -2.10. The molecule has 0 heterocycles. The summed E-state index contributed by atoms with van der Waals surface area (Å²) in [5.74, 6) is -0.137. The lowest BCUT2D eigenvalue weighted by molar-refractivity contribution is -0.384. The van der Waals surface area contributed by atoms with E-state index in [1.807, 2.05) is 0 Å². The van der Waals surface area contributed by atoms with Crippen LogP contribution in [0.25, 0.3) is 0 Å². The van der Waals surface area contributed by atoms with Gasteiger partial charge >= 0.3 is 11.7 Å². The number of nitrogens with one attached hydrogen (secondary N) is 1. The highest BCUT2D eigenvalue weighted by Gasteiger charge is 2.20. The van der Waals surface area contributed by atoms with E-state index in [0.29, 0.717) is 18.9 Å². The topological polar surface area (TPSA) is 90.7 Å². The molecule has 1 aromatic rings. The van der Waals surface area contributed by atoms with E-state index in [1.54, 1.807) is 26.0 Å². The summed E-state index contributed by atoms with van der Waals surface area (Å²) in [6.07, 6.45) is 0.143. The Hall–Kier alpha value is -2.31. The van der Waals surface area contributed by atoms with Crippen LogP contribution in [0.15, 0.2) is 18.2 Å². The Kier molecular flexibility index (Phi) is 6.28. The van der Waals surface area contributed by atoms with Gasteiger partial charge in [0.1, 0.15) is 5.69 Å². The minimum absolute atomic E-state index is 0.127. The zero-order valence-corrected chi connectivity index (χ0v) is 11.5. The molecule has 0 spiro atoms. The van der Waals surface area contributed by atoms with Gasteiger partial charge in [-0.3, -0.25) is 14.9 Å². The average Bonchev–Trinajstić information content (AvgIpc) is 2.39. The molecule has 0 aliphatic heterocycles. The quantitative estimate of drug-likeness (QED) is 0.447. The molecule has 110 valence electrons. The molecule has 0 atom stereocenters. The van der Waals surface area contributed by atoms with E-state index >= 15 is 0 Å². The maximum Gasteiger partial charge on any atom is 0.333 e. The summed E-state index contributed by atoms with van der Waals surface area (Å²) in [6.45, 7) is 4.40. The number of nitro groups is 1. The third-order valence-corrected chi connectivity index (χ3v) is 2.43. The van der Waals surface area contributed by atoms with Crippen molar-refractivity contribution < 1.29 is 19.2 Å². The van der Waals surface area contributed by atoms with E-state index in [2.05, 4.69) is 5.32 Å². The van der Waals surface area contributed by atoms with Crippen LogP contribution in [-0.4, -0.2) is 30.7 Å². The van der Waals surface area contributed by atoms with E-state index in [-0.39, 0.29) is 30.4 Å². The van der Waals surface area contributed by atoms with Gasteiger partial charge in [0.2, 0.25) is 0 Å². The number of nitro benzene ring substituents is 1. The number of para-hydroxylation sites is 1. The third-order valence-electron chi connectivity index (χ3n) is 2.43. The Labute approximate surface area is 117 Å². The largest absolute Gasteiger partial charge is 0.487 e. The molecule has 1 aromatic carbocycles. The monoisotopic (exact) mass is 282 g/mol. The molecule has 1 N–H and O–H groups in total. The van der Waals surface area contributed by atoms with Crippen molar-refractivity contribution in [1.82, 2.24) is 0 Å². The highest BCUT2D eigenvalue weighted by Crippen LogP contribution is 2.34. The van der Waals surface area contributed by atoms with Crippen molar-refractivity contribution >= 4 is 17.3 Å². The molecule has 1 rings (SSSR count). The Bertz CT molecular complexity index is 476. The Balaban J connectivity index is 2.76. The molecule has 0 aliphatic carbocycles. The van der Waals surface area contributed by atoms with Crippen molar-refractivity contribution in [2.75, 3.05) is 25.1 Å². The first-order chi connectivity index (χ1) is 9.60. The van der Waals surface area contributed by atoms with Gasteiger partial charge in [0.05, 0.1) is 24.6 Å². The second-order valence-corrected chi connectivity index (χ2v) is 3.82. The smallest absolute Gasteiger partial charge is 0.333 e. The number of hydrogen-bond donors (Lipinski definition) is 1. The molecule has 0 amide bonds. The van der Waals surface area contributed by atoms with Gasteiger partial charge in [0, 0.05) is 6.54 Å². The first-order valence-electron chi connectivity index (χ1n) is 6.39. The second-order valence-electron chi connectivity index (χ2n) is 3.82. The predicted octanol–water partition coefficient (Wildman–Crippen LogP) is 2.36. The first-order valence-corrected chi connectivity index (χ1v) is 6.39. The molecule has 0 unspecified atom stereocenters. The van der Waals surface area contributed by atoms with Gasteiger partial charge in [-0.15, -0.1) is 0 Å². The van der Waals surface area contributed by atoms with E-state index in [1.165, 1.54) is 6.07 Å². The van der Waals surface area contributed by atoms with Gasteiger partial charge < -0.3 is 14.8 Å². The number of benzene rings is 1. The summed E-state index contributed by atoms with van der Waals surface area (Å²) < 4.78 is 10.0. The molecule has 0 radical (unpaired) electrons. The zero-order chi connectivity index (χ0) is 15.0. The summed E-state index contributed by atoms with van der Waals surface area (Å²) >= 11 is 0. The number of hydrogen-bond acceptors (Lipinski definition) is 6. The molecule has 20 heavy (non-hydrogen) atoms. The molecule has 7 nitrogen and oxygen atoms in total. The van der Waals surface area contributed by atoms with Crippen LogP contribution in [0.4, 0.5) is 11.4 Å². The Morgan fingerprint density at radius 3 is 2.70 bits per heavy atom. The molecule has 0 bridgehead atoms. The number of carbonyl (C=O) groups excluding carboxylic acids is 1. The maximum atomic E-state index is 11.2. The fourth-order valence-corrected chi connectivity index (χ4v) is 1.66. The first kappa shape index (κ1) is 15.7. The molecule has 0 aromatic heterocycles. The van der Waals surface area contributed by atoms with Gasteiger partial charge in [-0.2, -0.15) is 0 Å². The molecule has 7 heteroatoms. The number of esters is 1. The van der Waals surface area contributed by atoms with Gasteiger partial charge in [-0.1, -0.05) is 6.07 Å². The van der Waals surface area contributed by atoms with Gasteiger partial charge in [0.25, 0.3) is 0 Å². The number of nitrogens with zero attached hydrogens (tertiary/aromatic N) is 1. The molecular weight excluding hydrogens is 264 g/mol. The van der Waals surface area contributed by atoms with Crippen LogP contribution < -0.4 is 10.1 Å². The number of ether oxygens (including phenoxy) is 2. The average molecular weight is 282 g/mol. The molecule has 0 saturated carbocycles. The third kappa shape index (κ3) is 4.42. The van der Waals surface area contributed by atoms with Gasteiger partial charge in [-0.25, -0.2) is 0 Å². The maximum absolute atomic E-state index is 11.2. The lowest BCUT2D eigenvalue weighted by atomic mass is 10.2. The van der Waals surface area contributed by atoms with Crippen molar-refractivity contribution in [2.24, 2.45) is 0 Å². The van der Waals surface area contributed by atoms with E-state index in [9.17, 15) is 14.9 Å². The predicted molar refractivity (Wildman–Crippen MR) is 74.0 cm³/mol. The zero-order valence-electron chi connectivity index (χ0n) is 11.5. The van der Waals surface area contributed by atoms with Crippen LogP contribution in [0.1, 0.15) is 20.3 Å². The normalized spacial score (nSPS) is 9.90. The Morgan fingerprint density at radius 1 is 1.35 bits per heavy atom. The molecule has 0 aliphatic rings. The number of anilines is 1. The summed E-state index contributed by atoms with van der Waals surface area (Å²) in [5.41, 5.74) is 0.198. The van der Waals surface area contributed by atoms with Crippen molar-refractivity contribution in [3.8, 4) is 5.75 Å². The minimum atomic E-state index is -0.502. The fraction of sp³-hybridized carbons (Fsp3) is 0.462. The second kappa shape index (κ2) is 7.98. The van der Waals surface area contributed by atoms with E-state index in [4.69, 9.17) is 9.47 Å². The van der Waals surface area contributed by atoms with Crippen LogP contribution in [0.5, 0.6) is 5.75 Å². The van der Waals surface area contributed by atoms with E-state index in [0.717, 1.165) is 0 Å². The van der Waals surface area contributed by atoms with Crippen molar-refractivity contribution in [3.63, 3.8) is 0 Å². The molecule has 0 fully saturated rings. The number of rotatable bonds is 8. The van der Waals surface area contributed by atoms with E-state index < -0.39 is 4.92 Å². The van der Waals surface area contributed by atoms with Crippen molar-refractivity contribution in [1.29, 1.82) is 0 Å². The van der Waals surface area contributed by atoms with Gasteiger partial charge in [0.15, 0.2) is 5.75 Å². The summed E-state index contributed by atoms with van der Waals surface area (Å²) in [6, 6.07) is 4.77. The van der Waals surface area contributed by atoms with Crippen LogP contribution in [-0.2, 0) is 9.53 Å². The van der Waals surface area contributed by atoms with Gasteiger partial charge in [-0.05, 0) is 26.0 Å². The highest BCUT2D eigenvalue weighted by molar-refractivity contribution is 5.72. The standard InChI is InChI=1S/C13H18N2O5/c1-3-19-11-7-5-6-10(13(11)15(17)18)14-9-8-12(16)20-4-2/h5-7,14H,3-4,8-9H2,1-2H3. The fourth-order valence-electron chi connectivity index (χ4n) is 1.66. The minimum Gasteiger partial charge on any atom is -0.487 e. The lowest BCUT2D eigenvalue weighted by Crippen LogP contribution is -2.12. The summed E-state index contributed by atoms with van der Waals surface area (Å²) in [5, 5.41) is 14.0. The van der Waals surface area contributed by atoms with Crippen LogP contribution >= 0.6 is 0 Å². The van der Waals surface area contributed by atoms with Crippen LogP contribution in [0, 0.1) is 10.1 Å². The summed E-state index contributed by atoms with van der Waals surface area (Å²) in [4.78, 5) is 21.8. The number of carbonyl (C=O) groups is 1.